The molecule has 0 unspecified atom stereocenters. The Hall–Kier alpha value is -2.42. The van der Waals surface area contributed by atoms with Crippen molar-refractivity contribution in [3.63, 3.8) is 0 Å². The summed E-state index contributed by atoms with van der Waals surface area (Å²) in [5.74, 6) is 0.161. The van der Waals surface area contributed by atoms with Crippen LogP contribution in [-0.2, 0) is 6.42 Å². The Bertz CT molecular complexity index is 658. The average molecular weight is 270 g/mol. The van der Waals surface area contributed by atoms with Gasteiger partial charge in [-0.15, -0.1) is 0 Å². The number of allylic oxidation sites excluding steroid dienone is 1. The first-order valence-electron chi connectivity index (χ1n) is 6.57. The van der Waals surface area contributed by atoms with Gasteiger partial charge in [0.2, 0.25) is 0 Å². The van der Waals surface area contributed by atoms with Crippen molar-refractivity contribution in [2.45, 2.75) is 20.3 Å². The second-order valence-corrected chi connectivity index (χ2v) is 4.62. The standard InChI is InChI=1S/C17H18O3/c1-3-5-12-8-14(17(20)9-11(12)4-2)15-10-13(18)6-7-16(15)19/h3,5-10,18-20H,4H2,1-2H3/b5-3-. The summed E-state index contributed by atoms with van der Waals surface area (Å²) in [6.07, 6.45) is 4.69. The highest BCUT2D eigenvalue weighted by atomic mass is 16.3. The molecule has 0 atom stereocenters. The van der Waals surface area contributed by atoms with Crippen LogP contribution in [0.4, 0.5) is 0 Å². The number of hydrogen-bond donors (Lipinski definition) is 3. The molecule has 2 aromatic carbocycles. The molecular formula is C17H18O3. The van der Waals surface area contributed by atoms with E-state index in [4.69, 9.17) is 0 Å². The SMILES string of the molecule is C/C=C\c1cc(-c2cc(O)ccc2O)c(O)cc1CC. The highest BCUT2D eigenvalue weighted by Gasteiger charge is 2.13. The van der Waals surface area contributed by atoms with Crippen molar-refractivity contribution >= 4 is 6.08 Å². The molecule has 0 aromatic heterocycles. The quantitative estimate of drug-likeness (QED) is 0.737. The van der Waals surface area contributed by atoms with Crippen LogP contribution in [-0.4, -0.2) is 15.3 Å². The fourth-order valence-corrected chi connectivity index (χ4v) is 2.24. The fraction of sp³-hybridized carbons (Fsp3) is 0.176. The van der Waals surface area contributed by atoms with E-state index in [0.717, 1.165) is 17.5 Å². The van der Waals surface area contributed by atoms with Gasteiger partial charge < -0.3 is 15.3 Å². The molecule has 0 amide bonds. The van der Waals surface area contributed by atoms with Gasteiger partial charge in [-0.25, -0.2) is 0 Å². The largest absolute Gasteiger partial charge is 0.508 e. The van der Waals surface area contributed by atoms with Gasteiger partial charge in [0.1, 0.15) is 17.2 Å². The molecule has 104 valence electrons. The molecule has 0 saturated carbocycles. The van der Waals surface area contributed by atoms with E-state index < -0.39 is 0 Å². The lowest BCUT2D eigenvalue weighted by molar-refractivity contribution is 0.459. The summed E-state index contributed by atoms with van der Waals surface area (Å²) in [5.41, 5.74) is 2.94. The third-order valence-corrected chi connectivity index (χ3v) is 3.25. The normalized spacial score (nSPS) is 11.1. The van der Waals surface area contributed by atoms with Crippen molar-refractivity contribution in [1.29, 1.82) is 0 Å². The summed E-state index contributed by atoms with van der Waals surface area (Å²) in [6, 6.07) is 7.78. The molecule has 0 aliphatic carbocycles. The van der Waals surface area contributed by atoms with E-state index in [2.05, 4.69) is 0 Å². The number of phenolic OH excluding ortho intramolecular Hbond substituents is 3. The zero-order valence-corrected chi connectivity index (χ0v) is 11.6. The minimum absolute atomic E-state index is 0.0220. The van der Waals surface area contributed by atoms with Gasteiger partial charge in [-0.1, -0.05) is 19.1 Å². The second-order valence-electron chi connectivity index (χ2n) is 4.62. The molecule has 0 fully saturated rings. The monoisotopic (exact) mass is 270 g/mol. The Morgan fingerprint density at radius 1 is 0.950 bits per heavy atom. The molecule has 3 heteroatoms. The Balaban J connectivity index is 2.67. The van der Waals surface area contributed by atoms with Crippen LogP contribution in [0.25, 0.3) is 17.2 Å². The lowest BCUT2D eigenvalue weighted by Gasteiger charge is -2.12. The molecule has 0 saturated heterocycles. The topological polar surface area (TPSA) is 60.7 Å². The number of benzene rings is 2. The maximum Gasteiger partial charge on any atom is 0.123 e. The van der Waals surface area contributed by atoms with E-state index in [1.165, 1.54) is 18.2 Å². The molecule has 0 radical (unpaired) electrons. The Morgan fingerprint density at radius 2 is 1.65 bits per heavy atom. The van der Waals surface area contributed by atoms with Gasteiger partial charge in [0.05, 0.1) is 0 Å². The summed E-state index contributed by atoms with van der Waals surface area (Å²) >= 11 is 0. The van der Waals surface area contributed by atoms with Crippen molar-refractivity contribution in [1.82, 2.24) is 0 Å². The van der Waals surface area contributed by atoms with Crippen LogP contribution < -0.4 is 0 Å². The molecule has 0 spiro atoms. The van der Waals surface area contributed by atoms with Crippen molar-refractivity contribution in [3.8, 4) is 28.4 Å². The van der Waals surface area contributed by atoms with Crippen molar-refractivity contribution in [3.05, 3.63) is 47.5 Å². The van der Waals surface area contributed by atoms with E-state index in [-0.39, 0.29) is 17.2 Å². The van der Waals surface area contributed by atoms with Gasteiger partial charge in [-0.2, -0.15) is 0 Å². The third-order valence-electron chi connectivity index (χ3n) is 3.25. The summed E-state index contributed by atoms with van der Waals surface area (Å²) in [6.45, 7) is 3.95. The average Bonchev–Trinajstić information content (AvgIpc) is 2.43. The number of phenols is 3. The first-order valence-corrected chi connectivity index (χ1v) is 6.57. The van der Waals surface area contributed by atoms with E-state index >= 15 is 0 Å². The molecular weight excluding hydrogens is 252 g/mol. The molecule has 0 heterocycles. The fourth-order valence-electron chi connectivity index (χ4n) is 2.24. The lowest BCUT2D eigenvalue weighted by Crippen LogP contribution is -1.90. The smallest absolute Gasteiger partial charge is 0.123 e. The van der Waals surface area contributed by atoms with Crippen molar-refractivity contribution < 1.29 is 15.3 Å². The van der Waals surface area contributed by atoms with Gasteiger partial charge >= 0.3 is 0 Å². The molecule has 3 N–H and O–H groups in total. The molecule has 2 rings (SSSR count). The van der Waals surface area contributed by atoms with Crippen LogP contribution in [0, 0.1) is 0 Å². The van der Waals surface area contributed by atoms with Crippen LogP contribution in [0.5, 0.6) is 17.2 Å². The number of aryl methyl sites for hydroxylation is 1. The molecule has 2 aromatic rings. The van der Waals surface area contributed by atoms with Crippen LogP contribution in [0.2, 0.25) is 0 Å². The summed E-state index contributed by atoms with van der Waals surface area (Å²) in [4.78, 5) is 0. The number of hydrogen-bond acceptors (Lipinski definition) is 3. The summed E-state index contributed by atoms with van der Waals surface area (Å²) < 4.78 is 0. The number of aromatic hydroxyl groups is 3. The predicted molar refractivity (Wildman–Crippen MR) is 81.0 cm³/mol. The van der Waals surface area contributed by atoms with E-state index in [1.807, 2.05) is 32.1 Å². The maximum absolute atomic E-state index is 10.2. The van der Waals surface area contributed by atoms with Crippen LogP contribution in [0.15, 0.2) is 36.4 Å². The van der Waals surface area contributed by atoms with Gasteiger partial charge in [0.25, 0.3) is 0 Å². The van der Waals surface area contributed by atoms with Crippen LogP contribution in [0.1, 0.15) is 25.0 Å². The Kier molecular flexibility index (Phi) is 3.99. The van der Waals surface area contributed by atoms with Gasteiger partial charge in [-0.05, 0) is 54.8 Å². The van der Waals surface area contributed by atoms with Crippen LogP contribution in [0.3, 0.4) is 0 Å². The zero-order chi connectivity index (χ0) is 14.7. The Morgan fingerprint density at radius 3 is 2.30 bits per heavy atom. The molecule has 0 aliphatic rings. The minimum Gasteiger partial charge on any atom is -0.508 e. The molecule has 0 bridgehead atoms. The minimum atomic E-state index is 0.0220. The van der Waals surface area contributed by atoms with Crippen molar-refractivity contribution in [2.24, 2.45) is 0 Å². The van der Waals surface area contributed by atoms with E-state index in [9.17, 15) is 15.3 Å². The highest BCUT2D eigenvalue weighted by molar-refractivity contribution is 5.79. The maximum atomic E-state index is 10.2. The zero-order valence-electron chi connectivity index (χ0n) is 11.6. The van der Waals surface area contributed by atoms with Gasteiger partial charge in [-0.3, -0.25) is 0 Å². The van der Waals surface area contributed by atoms with Crippen molar-refractivity contribution in [2.75, 3.05) is 0 Å². The third kappa shape index (κ3) is 2.62. The Labute approximate surface area is 118 Å². The lowest BCUT2D eigenvalue weighted by atomic mass is 9.96. The number of rotatable bonds is 3. The highest BCUT2D eigenvalue weighted by Crippen LogP contribution is 2.39. The molecule has 3 nitrogen and oxygen atoms in total. The van der Waals surface area contributed by atoms with Gasteiger partial charge in [0.15, 0.2) is 0 Å². The first-order chi connectivity index (χ1) is 9.56. The summed E-state index contributed by atoms with van der Waals surface area (Å²) in [5, 5.41) is 29.6. The van der Waals surface area contributed by atoms with Crippen LogP contribution >= 0.6 is 0 Å². The molecule has 0 aliphatic heterocycles. The predicted octanol–water partition coefficient (Wildman–Crippen LogP) is 4.07. The first kappa shape index (κ1) is 14.0. The van der Waals surface area contributed by atoms with E-state index in [1.54, 1.807) is 6.07 Å². The molecule has 20 heavy (non-hydrogen) atoms. The van der Waals surface area contributed by atoms with Gasteiger partial charge in [0, 0.05) is 11.1 Å². The summed E-state index contributed by atoms with van der Waals surface area (Å²) in [7, 11) is 0. The van der Waals surface area contributed by atoms with E-state index in [0.29, 0.717) is 11.1 Å². The second kappa shape index (κ2) is 5.70.